The van der Waals surface area contributed by atoms with Crippen LogP contribution < -0.4 is 5.32 Å². The van der Waals surface area contributed by atoms with E-state index in [2.05, 4.69) is 53.4 Å². The summed E-state index contributed by atoms with van der Waals surface area (Å²) in [4.78, 5) is 18.5. The minimum Gasteiger partial charge on any atom is -0.469 e. The van der Waals surface area contributed by atoms with Crippen LogP contribution in [0.2, 0.25) is 0 Å². The first-order valence-corrected chi connectivity index (χ1v) is 10.2. The normalized spacial score (nSPS) is 53.4. The largest absolute Gasteiger partial charge is 0.469 e. The third-order valence-electron chi connectivity index (χ3n) is 9.08. The number of esters is 1. The van der Waals surface area contributed by atoms with Crippen molar-refractivity contribution in [1.82, 2.24) is 9.80 Å². The van der Waals surface area contributed by atoms with Gasteiger partial charge in [-0.25, -0.2) is 0 Å². The van der Waals surface area contributed by atoms with Gasteiger partial charge in [-0.05, 0) is 38.4 Å². The molecule has 1 saturated carbocycles. The molecule has 27 heavy (non-hydrogen) atoms. The van der Waals surface area contributed by atoms with Crippen LogP contribution in [-0.2, 0) is 19.7 Å². The summed E-state index contributed by atoms with van der Waals surface area (Å²) in [5.41, 5.74) is 1.76. The van der Waals surface area contributed by atoms with Crippen molar-refractivity contribution in [2.45, 2.75) is 54.8 Å². The Morgan fingerprint density at radius 3 is 2.89 bits per heavy atom. The molecule has 142 valence electrons. The molecule has 1 aliphatic carbocycles. The maximum atomic E-state index is 13.3. The lowest BCUT2D eigenvalue weighted by molar-refractivity contribution is -0.160. The molecular weight excluding hydrogens is 342 g/mol. The van der Waals surface area contributed by atoms with Crippen molar-refractivity contribution in [3.05, 3.63) is 29.8 Å². The molecule has 1 N–H and O–H groups in total. The molecule has 6 heteroatoms. The van der Waals surface area contributed by atoms with E-state index >= 15 is 0 Å². The summed E-state index contributed by atoms with van der Waals surface area (Å²) in [7, 11) is 3.80. The Bertz CT molecular complexity index is 906. The van der Waals surface area contributed by atoms with Crippen LogP contribution in [0, 0.1) is 11.8 Å². The van der Waals surface area contributed by atoms with Crippen LogP contribution in [0.3, 0.4) is 0 Å². The highest BCUT2D eigenvalue weighted by atomic mass is 16.6. The molecule has 0 radical (unpaired) electrons. The minimum atomic E-state index is -0.248. The highest BCUT2D eigenvalue weighted by molar-refractivity contribution is 5.81. The van der Waals surface area contributed by atoms with E-state index in [1.165, 1.54) is 11.3 Å². The number of para-hydroxylation sites is 1. The first kappa shape index (κ1) is 15.3. The molecule has 4 saturated heterocycles. The monoisotopic (exact) mass is 367 g/mol. The first-order chi connectivity index (χ1) is 13.0. The number of methoxy groups -OCH3 is 1. The van der Waals surface area contributed by atoms with Crippen molar-refractivity contribution in [1.29, 1.82) is 0 Å². The molecule has 0 amide bonds. The minimum absolute atomic E-state index is 0.0598. The second kappa shape index (κ2) is 4.19. The number of carbonyl (C=O) groups is 1. The number of ether oxygens (including phenoxy) is 2. The van der Waals surface area contributed by atoms with Gasteiger partial charge in [-0.1, -0.05) is 18.2 Å². The van der Waals surface area contributed by atoms with E-state index in [-0.39, 0.29) is 46.8 Å². The highest BCUT2D eigenvalue weighted by Crippen LogP contribution is 2.76. The molecule has 5 heterocycles. The number of likely N-dealkylation sites (N-methyl/N-ethyl adjacent to an activating group) is 1. The molecule has 8 atom stereocenters. The number of nitrogens with zero attached hydrogens (tertiary/aromatic N) is 2. The summed E-state index contributed by atoms with van der Waals surface area (Å²) in [5, 5.41) is 3.96. The zero-order chi connectivity index (χ0) is 18.3. The van der Waals surface area contributed by atoms with E-state index in [0.29, 0.717) is 6.04 Å². The summed E-state index contributed by atoms with van der Waals surface area (Å²) >= 11 is 0. The molecule has 6 aliphatic rings. The van der Waals surface area contributed by atoms with E-state index in [1.807, 2.05) is 0 Å². The van der Waals surface area contributed by atoms with Crippen LogP contribution in [0.1, 0.15) is 25.3 Å². The van der Waals surface area contributed by atoms with Gasteiger partial charge in [0.2, 0.25) is 0 Å². The average Bonchev–Trinajstić information content (AvgIpc) is 3.01. The Morgan fingerprint density at radius 1 is 1.37 bits per heavy atom. The average molecular weight is 367 g/mol. The van der Waals surface area contributed by atoms with Gasteiger partial charge in [0.15, 0.2) is 0 Å². The van der Waals surface area contributed by atoms with Crippen LogP contribution in [0.4, 0.5) is 5.69 Å². The van der Waals surface area contributed by atoms with Crippen molar-refractivity contribution >= 4 is 11.7 Å². The lowest BCUT2D eigenvalue weighted by Crippen LogP contribution is -2.71. The number of carbonyl (C=O) groups excluding carboxylic acids is 1. The summed E-state index contributed by atoms with van der Waals surface area (Å²) in [6.07, 6.45) is 2.40. The molecule has 7 rings (SSSR count). The van der Waals surface area contributed by atoms with Crippen molar-refractivity contribution in [3.8, 4) is 0 Å². The molecule has 5 aliphatic heterocycles. The zero-order valence-electron chi connectivity index (χ0n) is 15.9. The topological polar surface area (TPSA) is 57.3 Å². The number of benzene rings is 1. The van der Waals surface area contributed by atoms with Gasteiger partial charge in [-0.3, -0.25) is 14.6 Å². The van der Waals surface area contributed by atoms with E-state index in [1.54, 1.807) is 7.11 Å². The Labute approximate surface area is 158 Å². The number of epoxide rings is 1. The van der Waals surface area contributed by atoms with Gasteiger partial charge < -0.3 is 14.8 Å². The number of nitrogens with one attached hydrogen (secondary N) is 1. The number of hydrogen-bond donors (Lipinski definition) is 1. The van der Waals surface area contributed by atoms with Gasteiger partial charge in [0.25, 0.3) is 0 Å². The maximum absolute atomic E-state index is 13.3. The molecule has 6 nitrogen and oxygen atoms in total. The fourth-order valence-electron chi connectivity index (χ4n) is 8.44. The molecular formula is C21H25N3O3. The van der Waals surface area contributed by atoms with Crippen molar-refractivity contribution in [3.63, 3.8) is 0 Å². The van der Waals surface area contributed by atoms with Crippen molar-refractivity contribution in [2.75, 3.05) is 26.0 Å². The number of rotatable bonds is 1. The summed E-state index contributed by atoms with van der Waals surface area (Å²) < 4.78 is 11.8. The third-order valence-corrected chi connectivity index (χ3v) is 9.08. The molecule has 1 aromatic carbocycles. The Morgan fingerprint density at radius 2 is 2.15 bits per heavy atom. The summed E-state index contributed by atoms with van der Waals surface area (Å²) in [6, 6.07) is 9.00. The predicted octanol–water partition coefficient (Wildman–Crippen LogP) is 1.37. The quantitative estimate of drug-likeness (QED) is 0.598. The van der Waals surface area contributed by atoms with Gasteiger partial charge in [0.1, 0.15) is 11.3 Å². The smallest absolute Gasteiger partial charge is 0.310 e. The molecule has 0 aromatic heterocycles. The van der Waals surface area contributed by atoms with Gasteiger partial charge in [-0.2, -0.15) is 0 Å². The zero-order valence-corrected chi connectivity index (χ0v) is 15.9. The van der Waals surface area contributed by atoms with Crippen molar-refractivity contribution < 1.29 is 14.3 Å². The highest BCUT2D eigenvalue weighted by Gasteiger charge is 2.89. The van der Waals surface area contributed by atoms with E-state index in [4.69, 9.17) is 9.47 Å². The van der Waals surface area contributed by atoms with E-state index in [9.17, 15) is 4.79 Å². The lowest BCUT2D eigenvalue weighted by atomic mass is 9.50. The first-order valence-electron chi connectivity index (χ1n) is 10.2. The second-order valence-electron chi connectivity index (χ2n) is 9.36. The molecule has 5 fully saturated rings. The number of anilines is 1. The van der Waals surface area contributed by atoms with Gasteiger partial charge in [-0.15, -0.1) is 0 Å². The SMILES string of the molecule is COC(=O)[C@@H]1[C@@H]2C[C@H]3N(C)[C@@H](N4CC[C@]15c1ccccc1N[C@@]345)[C@]21O[C@H]1C. The number of fused-ring (bicyclic) bond motifs is 6. The summed E-state index contributed by atoms with van der Waals surface area (Å²) in [5.74, 6) is -0.0171. The van der Waals surface area contributed by atoms with Gasteiger partial charge in [0, 0.05) is 24.2 Å². The van der Waals surface area contributed by atoms with E-state index < -0.39 is 0 Å². The Kier molecular flexibility index (Phi) is 2.38. The predicted molar refractivity (Wildman–Crippen MR) is 98.0 cm³/mol. The maximum Gasteiger partial charge on any atom is 0.310 e. The van der Waals surface area contributed by atoms with Gasteiger partial charge in [0.05, 0.1) is 30.7 Å². The number of piperidine rings is 1. The molecule has 0 unspecified atom stereocenters. The fourth-order valence-corrected chi connectivity index (χ4v) is 8.44. The third kappa shape index (κ3) is 1.21. The lowest BCUT2D eigenvalue weighted by Gasteiger charge is -2.56. The van der Waals surface area contributed by atoms with Crippen LogP contribution in [0.25, 0.3) is 0 Å². The van der Waals surface area contributed by atoms with Gasteiger partial charge >= 0.3 is 5.97 Å². The second-order valence-corrected chi connectivity index (χ2v) is 9.36. The van der Waals surface area contributed by atoms with Crippen LogP contribution in [-0.4, -0.2) is 66.0 Å². The number of hydrogen-bond acceptors (Lipinski definition) is 6. The fraction of sp³-hybridized carbons (Fsp3) is 0.667. The van der Waals surface area contributed by atoms with Crippen LogP contribution >= 0.6 is 0 Å². The molecule has 3 bridgehead atoms. The van der Waals surface area contributed by atoms with Crippen molar-refractivity contribution in [2.24, 2.45) is 11.8 Å². The summed E-state index contributed by atoms with van der Waals surface area (Å²) in [6.45, 7) is 3.17. The van der Waals surface area contributed by atoms with Crippen LogP contribution in [0.5, 0.6) is 0 Å². The standard InChI is InChI=1S/C21H25N3O3/c1-11-20(27-11)13-10-15-21-19(16(13)17(25)26-3,8-9-24(21)18(20)23(15)2)12-6-4-5-7-14(12)22-21/h4-7,11,13,15-16,18,22H,8-10H2,1-3H3/t11-,13-,15+,16-,18-,19-,20+,21-/m0/s1. The molecule has 2 spiro atoms. The van der Waals surface area contributed by atoms with Crippen LogP contribution in [0.15, 0.2) is 24.3 Å². The Hall–Kier alpha value is -1.63. The Balaban J connectivity index is 1.58. The van der Waals surface area contributed by atoms with E-state index in [0.717, 1.165) is 19.4 Å². The molecule has 1 aromatic rings.